The van der Waals surface area contributed by atoms with Crippen molar-refractivity contribution in [3.63, 3.8) is 0 Å². The van der Waals surface area contributed by atoms with Gasteiger partial charge in [0.15, 0.2) is 0 Å². The second-order valence-corrected chi connectivity index (χ2v) is 7.60. The Kier molecular flexibility index (Phi) is 16.3. The summed E-state index contributed by atoms with van der Waals surface area (Å²) in [6, 6.07) is 0. The molecule has 0 rings (SSSR count). The molecule has 0 aromatic rings. The van der Waals surface area contributed by atoms with Gasteiger partial charge in [-0.1, -0.05) is 80.1 Å². The number of unbranched alkanes of at least 4 members (excludes halogenated alkanes) is 10. The third kappa shape index (κ3) is 15.3. The molecule has 0 nitrogen and oxygen atoms in total. The quantitative estimate of drug-likeness (QED) is 0.221. The first-order chi connectivity index (χ1) is 9.18. The van der Waals surface area contributed by atoms with Gasteiger partial charge in [0.1, 0.15) is 0 Å². The van der Waals surface area contributed by atoms with Crippen molar-refractivity contribution in [3.05, 3.63) is 0 Å². The molecule has 3 heteroatoms. The fraction of sp³-hybridized carbons (Fsp3) is 1.00. The molecule has 0 spiro atoms. The summed E-state index contributed by atoms with van der Waals surface area (Å²) >= 11 is 15.5. The molecule has 2 atom stereocenters. The first kappa shape index (κ1) is 20.1. The smallest absolute Gasteiger partial charge is 0.0497 e. The molecule has 0 heterocycles. The van der Waals surface area contributed by atoms with Gasteiger partial charge in [-0.2, -0.15) is 0 Å². The van der Waals surface area contributed by atoms with Crippen LogP contribution < -0.4 is 0 Å². The largest absolute Gasteiger partial charge is 0.122 e. The van der Waals surface area contributed by atoms with E-state index in [1.165, 1.54) is 76.0 Å². The SMILES string of the molecule is CC(Cl)C(Cl)CCCCCCCCCCCCCBr. The van der Waals surface area contributed by atoms with Gasteiger partial charge in [-0.3, -0.25) is 0 Å². The summed E-state index contributed by atoms with van der Waals surface area (Å²) in [5.41, 5.74) is 0. The molecule has 0 N–H and O–H groups in total. The first-order valence-corrected chi connectivity index (χ1v) is 10.0. The van der Waals surface area contributed by atoms with Gasteiger partial charge in [-0.25, -0.2) is 0 Å². The highest BCUT2D eigenvalue weighted by molar-refractivity contribution is 9.09. The third-order valence-electron chi connectivity index (χ3n) is 3.61. The molecule has 0 aromatic heterocycles. The van der Waals surface area contributed by atoms with Gasteiger partial charge in [0.2, 0.25) is 0 Å². The van der Waals surface area contributed by atoms with Crippen LogP contribution in [-0.4, -0.2) is 16.1 Å². The Labute approximate surface area is 139 Å². The lowest BCUT2D eigenvalue weighted by Crippen LogP contribution is -2.10. The molecule has 0 amide bonds. The zero-order valence-electron chi connectivity index (χ0n) is 12.5. The number of halogens is 3. The third-order valence-corrected chi connectivity index (χ3v) is 5.20. The highest BCUT2D eigenvalue weighted by Gasteiger charge is 2.10. The van der Waals surface area contributed by atoms with E-state index in [9.17, 15) is 0 Å². The van der Waals surface area contributed by atoms with Crippen LogP contribution in [0.4, 0.5) is 0 Å². The van der Waals surface area contributed by atoms with E-state index in [0.29, 0.717) is 0 Å². The Hall–Kier alpha value is 1.06. The van der Waals surface area contributed by atoms with Crippen molar-refractivity contribution >= 4 is 39.1 Å². The molecule has 0 aliphatic rings. The van der Waals surface area contributed by atoms with Gasteiger partial charge >= 0.3 is 0 Å². The maximum absolute atomic E-state index is 6.11. The van der Waals surface area contributed by atoms with Crippen LogP contribution >= 0.6 is 39.1 Å². The Balaban J connectivity index is 3.03. The summed E-state index contributed by atoms with van der Waals surface area (Å²) in [7, 11) is 0. The lowest BCUT2D eigenvalue weighted by atomic mass is 10.0. The fourth-order valence-corrected chi connectivity index (χ4v) is 2.93. The lowest BCUT2D eigenvalue weighted by Gasteiger charge is -2.10. The minimum Gasteiger partial charge on any atom is -0.122 e. The van der Waals surface area contributed by atoms with Crippen molar-refractivity contribution in [2.45, 2.75) is 94.7 Å². The normalized spacial score (nSPS) is 14.5. The maximum Gasteiger partial charge on any atom is 0.0497 e. The summed E-state index contributed by atoms with van der Waals surface area (Å²) in [6.45, 7) is 1.98. The highest BCUT2D eigenvalue weighted by atomic mass is 79.9. The van der Waals surface area contributed by atoms with E-state index >= 15 is 0 Å². The second-order valence-electron chi connectivity index (χ2n) is 5.56. The molecule has 0 radical (unpaired) electrons. The van der Waals surface area contributed by atoms with E-state index in [-0.39, 0.29) is 10.8 Å². The average molecular weight is 374 g/mol. The van der Waals surface area contributed by atoms with Crippen molar-refractivity contribution in [1.82, 2.24) is 0 Å². The van der Waals surface area contributed by atoms with Gasteiger partial charge in [0.25, 0.3) is 0 Å². The molecular weight excluding hydrogens is 343 g/mol. The van der Waals surface area contributed by atoms with Gasteiger partial charge in [0, 0.05) is 16.1 Å². The Morgan fingerprint density at radius 2 is 1.05 bits per heavy atom. The molecule has 19 heavy (non-hydrogen) atoms. The van der Waals surface area contributed by atoms with E-state index in [4.69, 9.17) is 23.2 Å². The van der Waals surface area contributed by atoms with Crippen LogP contribution in [0, 0.1) is 0 Å². The van der Waals surface area contributed by atoms with Crippen LogP contribution in [0.15, 0.2) is 0 Å². The van der Waals surface area contributed by atoms with Crippen LogP contribution in [0.1, 0.15) is 84.0 Å². The van der Waals surface area contributed by atoms with Crippen molar-refractivity contribution in [3.8, 4) is 0 Å². The van der Waals surface area contributed by atoms with Crippen LogP contribution in [0.25, 0.3) is 0 Å². The Morgan fingerprint density at radius 3 is 1.42 bits per heavy atom. The topological polar surface area (TPSA) is 0 Å². The van der Waals surface area contributed by atoms with Gasteiger partial charge in [-0.05, 0) is 19.8 Å². The van der Waals surface area contributed by atoms with Gasteiger partial charge in [0.05, 0.1) is 0 Å². The predicted molar refractivity (Wildman–Crippen MR) is 94.2 cm³/mol. The Bertz CT molecular complexity index is 174. The minimum atomic E-state index is 0.103. The number of hydrogen-bond acceptors (Lipinski definition) is 0. The minimum absolute atomic E-state index is 0.103. The molecule has 2 unspecified atom stereocenters. The lowest BCUT2D eigenvalue weighted by molar-refractivity contribution is 0.540. The zero-order chi connectivity index (χ0) is 14.3. The molecule has 0 fully saturated rings. The maximum atomic E-state index is 6.11. The van der Waals surface area contributed by atoms with Crippen molar-refractivity contribution < 1.29 is 0 Å². The summed E-state index contributed by atoms with van der Waals surface area (Å²) < 4.78 is 0. The highest BCUT2D eigenvalue weighted by Crippen LogP contribution is 2.18. The van der Waals surface area contributed by atoms with Crippen molar-refractivity contribution in [2.75, 3.05) is 5.33 Å². The molecule has 116 valence electrons. The van der Waals surface area contributed by atoms with Crippen LogP contribution in [0.3, 0.4) is 0 Å². The second kappa shape index (κ2) is 15.4. The molecular formula is C16H31BrCl2. The van der Waals surface area contributed by atoms with Crippen LogP contribution in [-0.2, 0) is 0 Å². The number of hydrogen-bond donors (Lipinski definition) is 0. The molecule has 0 aromatic carbocycles. The molecule has 0 bridgehead atoms. The predicted octanol–water partition coefficient (Wildman–Crippen LogP) is 7.30. The standard InChI is InChI=1S/C16H31BrCl2/c1-15(18)16(19)13-11-9-7-5-3-2-4-6-8-10-12-14-17/h15-16H,2-14H2,1H3. The fourth-order valence-electron chi connectivity index (χ4n) is 2.25. The van der Waals surface area contributed by atoms with E-state index in [1.807, 2.05) is 6.92 Å². The molecule has 0 aliphatic heterocycles. The molecule has 0 aliphatic carbocycles. The molecule has 0 saturated heterocycles. The van der Waals surface area contributed by atoms with E-state index in [0.717, 1.165) is 6.42 Å². The monoisotopic (exact) mass is 372 g/mol. The number of alkyl halides is 3. The first-order valence-electron chi connectivity index (χ1n) is 8.02. The van der Waals surface area contributed by atoms with Crippen LogP contribution in [0.5, 0.6) is 0 Å². The van der Waals surface area contributed by atoms with Crippen LogP contribution in [0.2, 0.25) is 0 Å². The van der Waals surface area contributed by atoms with Crippen molar-refractivity contribution in [1.29, 1.82) is 0 Å². The summed E-state index contributed by atoms with van der Waals surface area (Å²) in [4.78, 5) is 0. The zero-order valence-corrected chi connectivity index (χ0v) is 15.6. The van der Waals surface area contributed by atoms with E-state index in [1.54, 1.807) is 0 Å². The summed E-state index contributed by atoms with van der Waals surface area (Å²) in [5.74, 6) is 0. The summed E-state index contributed by atoms with van der Waals surface area (Å²) in [5, 5.41) is 1.42. The van der Waals surface area contributed by atoms with Gasteiger partial charge < -0.3 is 0 Å². The summed E-state index contributed by atoms with van der Waals surface area (Å²) in [6.07, 6.45) is 16.2. The van der Waals surface area contributed by atoms with Gasteiger partial charge in [-0.15, -0.1) is 23.2 Å². The number of rotatable bonds is 14. The average Bonchev–Trinajstić information content (AvgIpc) is 2.39. The Morgan fingerprint density at radius 1 is 0.684 bits per heavy atom. The molecule has 0 saturated carbocycles. The van der Waals surface area contributed by atoms with E-state index in [2.05, 4.69) is 15.9 Å². The van der Waals surface area contributed by atoms with E-state index < -0.39 is 0 Å². The van der Waals surface area contributed by atoms with Crippen molar-refractivity contribution in [2.24, 2.45) is 0 Å².